The van der Waals surface area contributed by atoms with Gasteiger partial charge in [0.05, 0.1) is 17.4 Å². The van der Waals surface area contributed by atoms with Gasteiger partial charge in [-0.15, -0.1) is 0 Å². The van der Waals surface area contributed by atoms with Crippen molar-refractivity contribution in [1.29, 1.82) is 5.26 Å². The van der Waals surface area contributed by atoms with Gasteiger partial charge in [-0.3, -0.25) is 4.79 Å². The van der Waals surface area contributed by atoms with Crippen LogP contribution in [0, 0.1) is 24.2 Å². The summed E-state index contributed by atoms with van der Waals surface area (Å²) < 4.78 is 23.1. The van der Waals surface area contributed by atoms with Gasteiger partial charge in [0.15, 0.2) is 17.3 Å². The standard InChI is InChI=1S/C30H25FN4O2/c1-19-33-18-28(37-19)20-10-11-27(21(16-20)17-32)35-14-12-22(13-15-35)30(31)24-7-3-2-6-23(24)29(36)34-26-9-5-4-8-25(26)30/h2-11,16,18,22H,12-15H2,1H3,(H,34,36). The molecule has 4 aromatic rings. The Labute approximate surface area is 214 Å². The number of piperidine rings is 1. The maximum atomic E-state index is 17.5. The lowest BCUT2D eigenvalue weighted by Gasteiger charge is -2.41. The van der Waals surface area contributed by atoms with Crippen LogP contribution in [-0.2, 0) is 5.67 Å². The van der Waals surface area contributed by atoms with Crippen LogP contribution in [0.3, 0.4) is 0 Å². The number of benzene rings is 3. The molecule has 1 saturated heterocycles. The van der Waals surface area contributed by atoms with Gasteiger partial charge in [-0.1, -0.05) is 36.4 Å². The number of para-hydroxylation sites is 1. The van der Waals surface area contributed by atoms with Crippen LogP contribution in [0.2, 0.25) is 0 Å². The lowest BCUT2D eigenvalue weighted by molar-refractivity contribution is 0.0983. The Kier molecular flexibility index (Phi) is 5.53. The lowest BCUT2D eigenvalue weighted by Crippen LogP contribution is -2.42. The molecule has 1 atom stereocenters. The molecule has 0 radical (unpaired) electrons. The molecule has 1 unspecified atom stereocenters. The van der Waals surface area contributed by atoms with E-state index in [-0.39, 0.29) is 11.8 Å². The number of halogens is 1. The second kappa shape index (κ2) is 8.90. The maximum absolute atomic E-state index is 17.5. The van der Waals surface area contributed by atoms with E-state index in [0.717, 1.165) is 11.3 Å². The predicted molar refractivity (Wildman–Crippen MR) is 139 cm³/mol. The summed E-state index contributed by atoms with van der Waals surface area (Å²) in [4.78, 5) is 19.2. The van der Waals surface area contributed by atoms with Gasteiger partial charge in [0.2, 0.25) is 0 Å². The number of aryl methyl sites for hydroxylation is 1. The van der Waals surface area contributed by atoms with Crippen molar-refractivity contribution in [3.63, 3.8) is 0 Å². The number of hydrogen-bond acceptors (Lipinski definition) is 5. The Morgan fingerprint density at radius 3 is 2.54 bits per heavy atom. The number of alkyl halides is 1. The second-order valence-corrected chi connectivity index (χ2v) is 9.61. The highest BCUT2D eigenvalue weighted by Gasteiger charge is 2.48. The molecule has 37 heavy (non-hydrogen) atoms. The molecule has 6 rings (SSSR count). The van der Waals surface area contributed by atoms with E-state index in [0.29, 0.717) is 65.5 Å². The molecular weight excluding hydrogens is 467 g/mol. The molecule has 1 amide bonds. The van der Waals surface area contributed by atoms with Crippen LogP contribution < -0.4 is 10.2 Å². The number of nitriles is 1. The topological polar surface area (TPSA) is 82.2 Å². The largest absolute Gasteiger partial charge is 0.441 e. The minimum atomic E-state index is -1.81. The zero-order valence-corrected chi connectivity index (χ0v) is 20.4. The first-order chi connectivity index (χ1) is 18.0. The number of aromatic nitrogens is 1. The van der Waals surface area contributed by atoms with E-state index in [4.69, 9.17) is 4.42 Å². The van der Waals surface area contributed by atoms with Crippen LogP contribution in [-0.4, -0.2) is 24.0 Å². The minimum absolute atomic E-state index is 0.291. The van der Waals surface area contributed by atoms with Crippen molar-refractivity contribution >= 4 is 17.3 Å². The molecule has 1 N–H and O–H groups in total. The average Bonchev–Trinajstić information content (AvgIpc) is 3.35. The van der Waals surface area contributed by atoms with Gasteiger partial charge in [0.25, 0.3) is 5.91 Å². The number of nitrogens with one attached hydrogen (secondary N) is 1. The van der Waals surface area contributed by atoms with Crippen molar-refractivity contribution in [2.75, 3.05) is 23.3 Å². The number of rotatable bonds is 3. The summed E-state index contributed by atoms with van der Waals surface area (Å²) in [6.07, 6.45) is 2.79. The summed E-state index contributed by atoms with van der Waals surface area (Å²) in [5, 5.41) is 12.8. The third-order valence-electron chi connectivity index (χ3n) is 7.55. The molecule has 184 valence electrons. The fourth-order valence-corrected chi connectivity index (χ4v) is 5.75. The number of carbonyl (C=O) groups is 1. The minimum Gasteiger partial charge on any atom is -0.441 e. The molecule has 0 saturated carbocycles. The average molecular weight is 493 g/mol. The second-order valence-electron chi connectivity index (χ2n) is 9.61. The van der Waals surface area contributed by atoms with Gasteiger partial charge in [-0.05, 0) is 43.2 Å². The number of fused-ring (bicyclic) bond motifs is 2. The van der Waals surface area contributed by atoms with E-state index in [1.807, 2.05) is 30.3 Å². The van der Waals surface area contributed by atoms with E-state index in [9.17, 15) is 10.1 Å². The van der Waals surface area contributed by atoms with Crippen LogP contribution in [0.25, 0.3) is 11.3 Å². The van der Waals surface area contributed by atoms with Gasteiger partial charge < -0.3 is 14.6 Å². The molecule has 0 aliphatic carbocycles. The fourth-order valence-electron chi connectivity index (χ4n) is 5.75. The highest BCUT2D eigenvalue weighted by Crippen LogP contribution is 2.50. The molecule has 1 fully saturated rings. The van der Waals surface area contributed by atoms with Crippen molar-refractivity contribution in [1.82, 2.24) is 4.98 Å². The van der Waals surface area contributed by atoms with Crippen molar-refractivity contribution < 1.29 is 13.6 Å². The van der Waals surface area contributed by atoms with Crippen molar-refractivity contribution in [3.05, 3.63) is 101 Å². The highest BCUT2D eigenvalue weighted by atomic mass is 19.1. The monoisotopic (exact) mass is 492 g/mol. The van der Waals surface area contributed by atoms with E-state index in [2.05, 4.69) is 21.3 Å². The first kappa shape index (κ1) is 23.0. The number of carbonyl (C=O) groups excluding carboxylic acids is 1. The lowest BCUT2D eigenvalue weighted by atomic mass is 9.72. The Balaban J connectivity index is 1.32. The molecule has 6 nitrogen and oxygen atoms in total. The number of oxazole rings is 1. The molecule has 0 spiro atoms. The Morgan fingerprint density at radius 2 is 1.81 bits per heavy atom. The summed E-state index contributed by atoms with van der Waals surface area (Å²) in [5.41, 5.74) is 2.14. The first-order valence-corrected chi connectivity index (χ1v) is 12.4. The molecule has 7 heteroatoms. The third kappa shape index (κ3) is 3.77. The van der Waals surface area contributed by atoms with Crippen molar-refractivity contribution in [2.45, 2.75) is 25.4 Å². The Hall–Kier alpha value is -4.44. The van der Waals surface area contributed by atoms with Crippen LogP contribution in [0.15, 0.2) is 77.3 Å². The zero-order chi connectivity index (χ0) is 25.6. The van der Waals surface area contributed by atoms with E-state index >= 15 is 4.39 Å². The van der Waals surface area contributed by atoms with Gasteiger partial charge >= 0.3 is 0 Å². The Morgan fingerprint density at radius 1 is 1.08 bits per heavy atom. The van der Waals surface area contributed by atoms with Crippen LogP contribution in [0.4, 0.5) is 15.8 Å². The summed E-state index contributed by atoms with van der Waals surface area (Å²) >= 11 is 0. The zero-order valence-electron chi connectivity index (χ0n) is 20.4. The number of nitrogens with zero attached hydrogens (tertiary/aromatic N) is 3. The van der Waals surface area contributed by atoms with E-state index in [1.165, 1.54) is 0 Å². The summed E-state index contributed by atoms with van der Waals surface area (Å²) in [7, 11) is 0. The fraction of sp³-hybridized carbons (Fsp3) is 0.233. The quantitative estimate of drug-likeness (QED) is 0.367. The highest BCUT2D eigenvalue weighted by molar-refractivity contribution is 6.07. The summed E-state index contributed by atoms with van der Waals surface area (Å²) in [5.74, 6) is 0.562. The van der Waals surface area contributed by atoms with Gasteiger partial charge in [-0.25, -0.2) is 9.37 Å². The van der Waals surface area contributed by atoms with Crippen LogP contribution in [0.1, 0.15) is 45.8 Å². The number of anilines is 2. The van der Waals surface area contributed by atoms with Gasteiger partial charge in [0.1, 0.15) is 6.07 Å². The molecule has 3 aromatic carbocycles. The van der Waals surface area contributed by atoms with Crippen LogP contribution in [0.5, 0.6) is 0 Å². The molecular formula is C30H25FN4O2. The SMILES string of the molecule is Cc1ncc(-c2ccc(N3CCC(C4(F)c5ccccc5NC(=O)c5ccccc54)CC3)c(C#N)c2)o1. The summed E-state index contributed by atoms with van der Waals surface area (Å²) in [6.45, 7) is 2.97. The third-order valence-corrected chi connectivity index (χ3v) is 7.55. The predicted octanol–water partition coefficient (Wildman–Crippen LogP) is 6.22. The summed E-state index contributed by atoms with van der Waals surface area (Å²) in [6, 6.07) is 22.1. The Bertz CT molecular complexity index is 1550. The molecule has 2 aliphatic rings. The van der Waals surface area contributed by atoms with Gasteiger partial charge in [0, 0.05) is 53.9 Å². The van der Waals surface area contributed by atoms with E-state index < -0.39 is 5.67 Å². The molecule has 0 bridgehead atoms. The van der Waals surface area contributed by atoms with Gasteiger partial charge in [-0.2, -0.15) is 5.26 Å². The van der Waals surface area contributed by atoms with Crippen LogP contribution >= 0.6 is 0 Å². The maximum Gasteiger partial charge on any atom is 0.256 e. The number of hydrogen-bond donors (Lipinski definition) is 1. The van der Waals surface area contributed by atoms with Crippen molar-refractivity contribution in [2.24, 2.45) is 5.92 Å². The van der Waals surface area contributed by atoms with E-state index in [1.54, 1.807) is 49.5 Å². The first-order valence-electron chi connectivity index (χ1n) is 12.4. The molecule has 1 aromatic heterocycles. The van der Waals surface area contributed by atoms with Crippen molar-refractivity contribution in [3.8, 4) is 17.4 Å². The molecule has 2 aliphatic heterocycles. The smallest absolute Gasteiger partial charge is 0.256 e. The number of amides is 1. The molecule has 3 heterocycles. The normalized spacial score (nSPS) is 19.4.